The maximum Gasteiger partial charge on any atom is 0.260 e. The topological polar surface area (TPSA) is 63.0 Å². The molecule has 3 aromatic rings. The van der Waals surface area contributed by atoms with E-state index < -0.39 is 0 Å². The number of piperazine rings is 1. The standard InChI is InChI=1S/C22H22N2O4/c25-20(21-6-3-13-27-21)15-23-9-11-24(12-10-23)22(26)16-28-19-8-7-17-4-1-2-5-18(17)14-19/h1-8,13-14H,9-12,15-16H2. The summed E-state index contributed by atoms with van der Waals surface area (Å²) in [6.07, 6.45) is 1.50. The lowest BCUT2D eigenvalue weighted by atomic mass is 10.1. The van der Waals surface area contributed by atoms with Gasteiger partial charge in [-0.2, -0.15) is 0 Å². The van der Waals surface area contributed by atoms with E-state index in [1.54, 1.807) is 17.0 Å². The Balaban J connectivity index is 1.25. The molecule has 0 saturated carbocycles. The molecule has 1 aromatic heterocycles. The van der Waals surface area contributed by atoms with Gasteiger partial charge in [0.1, 0.15) is 5.75 Å². The molecule has 0 aliphatic carbocycles. The van der Waals surface area contributed by atoms with Crippen molar-refractivity contribution in [1.82, 2.24) is 9.80 Å². The van der Waals surface area contributed by atoms with Gasteiger partial charge in [-0.15, -0.1) is 0 Å². The number of nitrogens with zero attached hydrogens (tertiary/aromatic N) is 2. The highest BCUT2D eigenvalue weighted by atomic mass is 16.5. The van der Waals surface area contributed by atoms with Crippen LogP contribution in [-0.2, 0) is 4.79 Å². The molecule has 28 heavy (non-hydrogen) atoms. The smallest absolute Gasteiger partial charge is 0.260 e. The van der Waals surface area contributed by atoms with Crippen molar-refractivity contribution in [2.75, 3.05) is 39.3 Å². The van der Waals surface area contributed by atoms with Crippen molar-refractivity contribution in [3.8, 4) is 5.75 Å². The first-order valence-electron chi connectivity index (χ1n) is 9.37. The Bertz CT molecular complexity index is 960. The molecule has 1 amide bonds. The summed E-state index contributed by atoms with van der Waals surface area (Å²) in [5.41, 5.74) is 0. The van der Waals surface area contributed by atoms with Crippen molar-refractivity contribution in [1.29, 1.82) is 0 Å². The molecule has 2 heterocycles. The lowest BCUT2D eigenvalue weighted by Crippen LogP contribution is -2.51. The Morgan fingerprint density at radius 2 is 1.71 bits per heavy atom. The first kappa shape index (κ1) is 18.3. The zero-order chi connectivity index (χ0) is 19.3. The van der Waals surface area contributed by atoms with Crippen LogP contribution in [0.15, 0.2) is 65.3 Å². The Morgan fingerprint density at radius 3 is 2.46 bits per heavy atom. The number of amides is 1. The molecule has 6 nitrogen and oxygen atoms in total. The summed E-state index contributed by atoms with van der Waals surface area (Å²) in [6, 6.07) is 17.2. The normalized spacial score (nSPS) is 14.9. The molecule has 6 heteroatoms. The van der Waals surface area contributed by atoms with Crippen molar-refractivity contribution in [2.45, 2.75) is 0 Å². The molecule has 4 rings (SSSR count). The van der Waals surface area contributed by atoms with Crippen LogP contribution in [0.4, 0.5) is 0 Å². The molecule has 1 aliphatic rings. The Morgan fingerprint density at radius 1 is 0.929 bits per heavy atom. The van der Waals surface area contributed by atoms with Gasteiger partial charge >= 0.3 is 0 Å². The lowest BCUT2D eigenvalue weighted by molar-refractivity contribution is -0.135. The largest absolute Gasteiger partial charge is 0.484 e. The second-order valence-corrected chi connectivity index (χ2v) is 6.86. The van der Waals surface area contributed by atoms with E-state index in [0.29, 0.717) is 44.2 Å². The SMILES string of the molecule is O=C(CN1CCN(C(=O)COc2ccc3ccccc3c2)CC1)c1ccco1. The van der Waals surface area contributed by atoms with Crippen LogP contribution in [0.5, 0.6) is 5.75 Å². The Hall–Kier alpha value is -3.12. The quantitative estimate of drug-likeness (QED) is 0.617. The highest BCUT2D eigenvalue weighted by Crippen LogP contribution is 2.20. The molecule has 1 aliphatic heterocycles. The van der Waals surface area contributed by atoms with Crippen LogP contribution in [0.3, 0.4) is 0 Å². The summed E-state index contributed by atoms with van der Waals surface area (Å²) in [5.74, 6) is 0.992. The predicted octanol–water partition coefficient (Wildman–Crippen LogP) is 2.84. The van der Waals surface area contributed by atoms with E-state index in [4.69, 9.17) is 9.15 Å². The maximum absolute atomic E-state index is 12.5. The zero-order valence-corrected chi connectivity index (χ0v) is 15.5. The number of Topliss-reactive ketones (excluding diaryl/α,β-unsaturated/α-hetero) is 1. The van der Waals surface area contributed by atoms with E-state index in [0.717, 1.165) is 10.8 Å². The molecule has 0 atom stereocenters. The molecule has 0 unspecified atom stereocenters. The number of rotatable bonds is 6. The molecule has 1 saturated heterocycles. The van der Waals surface area contributed by atoms with E-state index in [-0.39, 0.29) is 18.3 Å². The predicted molar refractivity (Wildman–Crippen MR) is 106 cm³/mol. The van der Waals surface area contributed by atoms with Crippen LogP contribution in [0.1, 0.15) is 10.6 Å². The lowest BCUT2D eigenvalue weighted by Gasteiger charge is -2.34. The number of benzene rings is 2. The van der Waals surface area contributed by atoms with Crippen molar-refractivity contribution < 1.29 is 18.7 Å². The second kappa shape index (κ2) is 8.27. The van der Waals surface area contributed by atoms with Gasteiger partial charge in [0.15, 0.2) is 12.4 Å². The van der Waals surface area contributed by atoms with Gasteiger partial charge in [-0.25, -0.2) is 0 Å². The fourth-order valence-corrected chi connectivity index (χ4v) is 3.37. The number of ketones is 1. The van der Waals surface area contributed by atoms with Crippen LogP contribution in [-0.4, -0.2) is 60.8 Å². The fraction of sp³-hybridized carbons (Fsp3) is 0.273. The van der Waals surface area contributed by atoms with Crippen LogP contribution in [0.25, 0.3) is 10.8 Å². The van der Waals surface area contributed by atoms with Gasteiger partial charge in [-0.05, 0) is 35.0 Å². The van der Waals surface area contributed by atoms with E-state index in [1.807, 2.05) is 47.4 Å². The summed E-state index contributed by atoms with van der Waals surface area (Å²) in [5, 5.41) is 2.23. The molecule has 0 N–H and O–H groups in total. The number of furan rings is 1. The minimum absolute atomic E-state index is 0.0175. The van der Waals surface area contributed by atoms with Gasteiger partial charge in [0, 0.05) is 26.2 Å². The number of carbonyl (C=O) groups excluding carboxylic acids is 2. The summed E-state index contributed by atoms with van der Waals surface area (Å²) in [7, 11) is 0. The number of hydrogen-bond acceptors (Lipinski definition) is 5. The Kier molecular flexibility index (Phi) is 5.39. The third-order valence-corrected chi connectivity index (χ3v) is 4.97. The number of carbonyl (C=O) groups is 2. The molecular weight excluding hydrogens is 356 g/mol. The van der Waals surface area contributed by atoms with Gasteiger partial charge in [0.2, 0.25) is 5.78 Å². The van der Waals surface area contributed by atoms with Gasteiger partial charge < -0.3 is 14.1 Å². The first-order valence-corrected chi connectivity index (χ1v) is 9.37. The first-order chi connectivity index (χ1) is 13.7. The van der Waals surface area contributed by atoms with Crippen LogP contribution in [0, 0.1) is 0 Å². The molecule has 0 spiro atoms. The molecule has 1 fully saturated rings. The number of hydrogen-bond donors (Lipinski definition) is 0. The van der Waals surface area contributed by atoms with E-state index in [9.17, 15) is 9.59 Å². The average molecular weight is 378 g/mol. The summed E-state index contributed by atoms with van der Waals surface area (Å²) >= 11 is 0. The van der Waals surface area contributed by atoms with Crippen LogP contribution >= 0.6 is 0 Å². The number of fused-ring (bicyclic) bond motifs is 1. The van der Waals surface area contributed by atoms with Crippen LogP contribution < -0.4 is 4.74 Å². The summed E-state index contributed by atoms with van der Waals surface area (Å²) < 4.78 is 10.8. The Labute approximate surface area is 163 Å². The zero-order valence-electron chi connectivity index (χ0n) is 15.5. The minimum Gasteiger partial charge on any atom is -0.484 e. The van der Waals surface area contributed by atoms with Gasteiger partial charge in [-0.1, -0.05) is 30.3 Å². The van der Waals surface area contributed by atoms with Crippen molar-refractivity contribution in [2.24, 2.45) is 0 Å². The van der Waals surface area contributed by atoms with E-state index in [1.165, 1.54) is 6.26 Å². The third-order valence-electron chi connectivity index (χ3n) is 4.97. The fourth-order valence-electron chi connectivity index (χ4n) is 3.37. The molecule has 144 valence electrons. The average Bonchev–Trinajstić information content (AvgIpc) is 3.27. The van der Waals surface area contributed by atoms with Gasteiger partial charge in [-0.3, -0.25) is 14.5 Å². The number of ether oxygens (including phenoxy) is 1. The van der Waals surface area contributed by atoms with Gasteiger partial charge in [0.05, 0.1) is 12.8 Å². The highest BCUT2D eigenvalue weighted by Gasteiger charge is 2.23. The summed E-state index contributed by atoms with van der Waals surface area (Å²) in [6.45, 7) is 2.83. The van der Waals surface area contributed by atoms with Crippen molar-refractivity contribution in [3.63, 3.8) is 0 Å². The minimum atomic E-state index is -0.0376. The third kappa shape index (κ3) is 4.23. The van der Waals surface area contributed by atoms with E-state index >= 15 is 0 Å². The van der Waals surface area contributed by atoms with Crippen molar-refractivity contribution in [3.05, 3.63) is 66.6 Å². The van der Waals surface area contributed by atoms with E-state index in [2.05, 4.69) is 0 Å². The maximum atomic E-state index is 12.5. The highest BCUT2D eigenvalue weighted by molar-refractivity contribution is 5.95. The molecule has 0 radical (unpaired) electrons. The molecule has 0 bridgehead atoms. The molecular formula is C22H22N2O4. The molecule has 2 aromatic carbocycles. The monoisotopic (exact) mass is 378 g/mol. The van der Waals surface area contributed by atoms with Crippen LogP contribution in [0.2, 0.25) is 0 Å². The van der Waals surface area contributed by atoms with Gasteiger partial charge in [0.25, 0.3) is 5.91 Å². The summed E-state index contributed by atoms with van der Waals surface area (Å²) in [4.78, 5) is 28.4. The second-order valence-electron chi connectivity index (χ2n) is 6.86. The van der Waals surface area contributed by atoms with Crippen molar-refractivity contribution >= 4 is 22.5 Å².